The van der Waals surface area contributed by atoms with E-state index in [2.05, 4.69) is 10.6 Å². The molecule has 0 radical (unpaired) electrons. The molecule has 0 spiro atoms. The molecule has 3 amide bonds. The van der Waals surface area contributed by atoms with Gasteiger partial charge in [-0.15, -0.1) is 0 Å². The van der Waals surface area contributed by atoms with E-state index in [0.717, 1.165) is 11.1 Å². The summed E-state index contributed by atoms with van der Waals surface area (Å²) in [4.78, 5) is 38.8. The smallest absolute Gasteiger partial charge is 0.251 e. The van der Waals surface area contributed by atoms with Gasteiger partial charge >= 0.3 is 0 Å². The topological polar surface area (TPSA) is 78.5 Å². The zero-order valence-electron chi connectivity index (χ0n) is 17.4. The Morgan fingerprint density at radius 2 is 1.70 bits per heavy atom. The first-order valence-electron chi connectivity index (χ1n) is 10.5. The Balaban J connectivity index is 1.35. The summed E-state index contributed by atoms with van der Waals surface area (Å²) in [6.45, 7) is 3.93. The molecule has 1 aliphatic heterocycles. The number of piperidine rings is 1. The Morgan fingerprint density at radius 1 is 0.967 bits per heavy atom. The molecule has 0 unspecified atom stereocenters. The number of rotatable bonds is 7. The van der Waals surface area contributed by atoms with Gasteiger partial charge in [0.1, 0.15) is 0 Å². The highest BCUT2D eigenvalue weighted by atomic mass is 16.2. The number of likely N-dealkylation sites (tertiary alicyclic amines) is 1. The van der Waals surface area contributed by atoms with E-state index in [9.17, 15) is 14.4 Å². The predicted octanol–water partition coefficient (Wildman–Crippen LogP) is 2.67. The van der Waals surface area contributed by atoms with Gasteiger partial charge in [-0.25, -0.2) is 0 Å². The van der Waals surface area contributed by atoms with Gasteiger partial charge in [0.2, 0.25) is 11.8 Å². The first-order valence-corrected chi connectivity index (χ1v) is 10.5. The van der Waals surface area contributed by atoms with Crippen LogP contribution in [0, 0.1) is 12.8 Å². The Hall–Kier alpha value is -3.15. The van der Waals surface area contributed by atoms with Crippen LogP contribution in [-0.4, -0.2) is 42.3 Å². The molecule has 158 valence electrons. The van der Waals surface area contributed by atoms with Crippen LogP contribution in [0.25, 0.3) is 0 Å². The summed E-state index contributed by atoms with van der Waals surface area (Å²) in [5.41, 5.74) is 2.70. The lowest BCUT2D eigenvalue weighted by Gasteiger charge is -2.31. The lowest BCUT2D eigenvalue weighted by atomic mass is 9.95. The number of aryl methyl sites for hydroxylation is 1. The number of hydrogen-bond acceptors (Lipinski definition) is 3. The predicted molar refractivity (Wildman–Crippen MR) is 116 cm³/mol. The van der Waals surface area contributed by atoms with Crippen molar-refractivity contribution >= 4 is 17.7 Å². The van der Waals surface area contributed by atoms with Crippen LogP contribution in [0.2, 0.25) is 0 Å². The van der Waals surface area contributed by atoms with Gasteiger partial charge in [0.25, 0.3) is 5.91 Å². The molecule has 1 aliphatic rings. The van der Waals surface area contributed by atoms with Crippen LogP contribution in [0.3, 0.4) is 0 Å². The number of benzene rings is 2. The van der Waals surface area contributed by atoms with Crippen molar-refractivity contribution in [1.29, 1.82) is 0 Å². The largest absolute Gasteiger partial charge is 0.352 e. The highest BCUT2D eigenvalue weighted by molar-refractivity contribution is 5.94. The summed E-state index contributed by atoms with van der Waals surface area (Å²) in [7, 11) is 0. The molecule has 0 bridgehead atoms. The van der Waals surface area contributed by atoms with E-state index in [1.54, 1.807) is 11.0 Å². The van der Waals surface area contributed by atoms with Crippen LogP contribution >= 0.6 is 0 Å². The molecule has 2 aromatic carbocycles. The van der Waals surface area contributed by atoms with E-state index < -0.39 is 0 Å². The molecule has 1 heterocycles. The second-order valence-corrected chi connectivity index (χ2v) is 7.73. The average molecular weight is 408 g/mol. The summed E-state index contributed by atoms with van der Waals surface area (Å²) in [6, 6.07) is 17.2. The Bertz CT molecular complexity index is 874. The minimum Gasteiger partial charge on any atom is -0.352 e. The molecule has 0 saturated carbocycles. The monoisotopic (exact) mass is 407 g/mol. The van der Waals surface area contributed by atoms with Crippen LogP contribution in [0.15, 0.2) is 54.6 Å². The van der Waals surface area contributed by atoms with Crippen LogP contribution in [0.4, 0.5) is 0 Å². The van der Waals surface area contributed by atoms with Gasteiger partial charge < -0.3 is 15.5 Å². The average Bonchev–Trinajstić information content (AvgIpc) is 2.78. The van der Waals surface area contributed by atoms with E-state index in [4.69, 9.17) is 0 Å². The summed E-state index contributed by atoms with van der Waals surface area (Å²) in [6.07, 6.45) is 1.60. The van der Waals surface area contributed by atoms with Gasteiger partial charge in [-0.3, -0.25) is 14.4 Å². The van der Waals surface area contributed by atoms with Crippen molar-refractivity contribution < 1.29 is 14.4 Å². The maximum absolute atomic E-state index is 12.4. The SMILES string of the molecule is Cc1cccc(C(=O)NCCC(=O)N2CCC(C(=O)NCc3ccccc3)CC2)c1. The van der Waals surface area contributed by atoms with Crippen molar-refractivity contribution in [1.82, 2.24) is 15.5 Å². The van der Waals surface area contributed by atoms with Crippen molar-refractivity contribution in [3.8, 4) is 0 Å². The number of carbonyl (C=O) groups excluding carboxylic acids is 3. The summed E-state index contributed by atoms with van der Waals surface area (Å²) >= 11 is 0. The van der Waals surface area contributed by atoms with Gasteiger partial charge in [-0.1, -0.05) is 48.0 Å². The molecule has 0 atom stereocenters. The van der Waals surface area contributed by atoms with Gasteiger partial charge in [0.05, 0.1) is 0 Å². The lowest BCUT2D eigenvalue weighted by Crippen LogP contribution is -2.43. The van der Waals surface area contributed by atoms with Crippen LogP contribution in [0.5, 0.6) is 0 Å². The zero-order valence-corrected chi connectivity index (χ0v) is 17.4. The van der Waals surface area contributed by atoms with Crippen molar-refractivity contribution in [2.75, 3.05) is 19.6 Å². The molecule has 1 fully saturated rings. The Kier molecular flexibility index (Phi) is 7.60. The number of nitrogens with zero attached hydrogens (tertiary/aromatic N) is 1. The molecule has 2 aromatic rings. The Morgan fingerprint density at radius 3 is 2.40 bits per heavy atom. The second kappa shape index (κ2) is 10.6. The zero-order chi connectivity index (χ0) is 21.3. The van der Waals surface area contributed by atoms with E-state index in [1.165, 1.54) is 0 Å². The van der Waals surface area contributed by atoms with Crippen LogP contribution in [-0.2, 0) is 16.1 Å². The summed E-state index contributed by atoms with van der Waals surface area (Å²) in [5, 5.41) is 5.79. The normalized spacial score (nSPS) is 14.2. The van der Waals surface area contributed by atoms with Crippen LogP contribution in [0.1, 0.15) is 40.7 Å². The third-order valence-corrected chi connectivity index (χ3v) is 5.43. The van der Waals surface area contributed by atoms with Crippen LogP contribution < -0.4 is 10.6 Å². The third kappa shape index (κ3) is 6.17. The second-order valence-electron chi connectivity index (χ2n) is 7.73. The van der Waals surface area contributed by atoms with Gasteiger partial charge in [-0.2, -0.15) is 0 Å². The fourth-order valence-corrected chi connectivity index (χ4v) is 3.65. The molecule has 6 heteroatoms. The highest BCUT2D eigenvalue weighted by Crippen LogP contribution is 2.18. The molecule has 30 heavy (non-hydrogen) atoms. The molecule has 0 aliphatic carbocycles. The highest BCUT2D eigenvalue weighted by Gasteiger charge is 2.27. The first kappa shape index (κ1) is 21.6. The third-order valence-electron chi connectivity index (χ3n) is 5.43. The van der Waals surface area contributed by atoms with E-state index in [0.29, 0.717) is 44.6 Å². The fourth-order valence-electron chi connectivity index (χ4n) is 3.65. The molecule has 2 N–H and O–H groups in total. The molecular formula is C24H29N3O3. The first-order chi connectivity index (χ1) is 14.5. The van der Waals surface area contributed by atoms with E-state index in [1.807, 2.05) is 55.5 Å². The fraction of sp³-hybridized carbons (Fsp3) is 0.375. The summed E-state index contributed by atoms with van der Waals surface area (Å²) < 4.78 is 0. The quantitative estimate of drug-likeness (QED) is 0.741. The van der Waals surface area contributed by atoms with Crippen molar-refractivity contribution in [3.05, 3.63) is 71.3 Å². The number of hydrogen-bond donors (Lipinski definition) is 2. The summed E-state index contributed by atoms with van der Waals surface area (Å²) in [5.74, 6) is -0.155. The molecule has 1 saturated heterocycles. The minimum atomic E-state index is -0.166. The van der Waals surface area contributed by atoms with Gasteiger partial charge in [0.15, 0.2) is 0 Å². The maximum atomic E-state index is 12.4. The molecule has 3 rings (SSSR count). The van der Waals surface area contributed by atoms with E-state index >= 15 is 0 Å². The molecular weight excluding hydrogens is 378 g/mol. The number of amides is 3. The van der Waals surface area contributed by atoms with Gasteiger partial charge in [0, 0.05) is 44.1 Å². The number of carbonyl (C=O) groups is 3. The standard InChI is InChI=1S/C24H29N3O3/c1-18-6-5-9-21(16-18)24(30)25-13-10-22(28)27-14-11-20(12-15-27)23(29)26-17-19-7-3-2-4-8-19/h2-9,16,20H,10-15,17H2,1H3,(H,25,30)(H,26,29). The Labute approximate surface area is 177 Å². The van der Waals surface area contributed by atoms with Crippen molar-refractivity contribution in [2.45, 2.75) is 32.7 Å². The van der Waals surface area contributed by atoms with Crippen molar-refractivity contribution in [3.63, 3.8) is 0 Å². The molecule has 0 aromatic heterocycles. The molecule has 6 nitrogen and oxygen atoms in total. The van der Waals surface area contributed by atoms with E-state index in [-0.39, 0.29) is 30.1 Å². The number of nitrogens with one attached hydrogen (secondary N) is 2. The van der Waals surface area contributed by atoms with Crippen molar-refractivity contribution in [2.24, 2.45) is 5.92 Å². The lowest BCUT2D eigenvalue weighted by molar-refractivity contribution is -0.135. The minimum absolute atomic E-state index is 0.0164. The maximum Gasteiger partial charge on any atom is 0.251 e. The van der Waals surface area contributed by atoms with Gasteiger partial charge in [-0.05, 0) is 37.5 Å².